The van der Waals surface area contributed by atoms with Crippen LogP contribution >= 0.6 is 0 Å². The molecular formula is C19H21N3O3. The van der Waals surface area contributed by atoms with Gasteiger partial charge in [0.2, 0.25) is 5.91 Å². The van der Waals surface area contributed by atoms with Gasteiger partial charge in [-0.15, -0.1) is 0 Å². The first kappa shape index (κ1) is 17.0. The smallest absolute Gasteiger partial charge is 0.223 e. The maximum atomic E-state index is 12.8. The maximum absolute atomic E-state index is 12.8. The van der Waals surface area contributed by atoms with Gasteiger partial charge in [0.25, 0.3) is 0 Å². The van der Waals surface area contributed by atoms with E-state index in [1.165, 1.54) is 0 Å². The number of carbonyl (C=O) groups excluding carboxylic acids is 1. The van der Waals surface area contributed by atoms with Crippen molar-refractivity contribution in [3.63, 3.8) is 0 Å². The molecule has 3 heterocycles. The fourth-order valence-electron chi connectivity index (χ4n) is 2.78. The van der Waals surface area contributed by atoms with Gasteiger partial charge in [-0.2, -0.15) is 0 Å². The van der Waals surface area contributed by atoms with E-state index in [0.717, 1.165) is 28.3 Å². The van der Waals surface area contributed by atoms with Crippen molar-refractivity contribution in [2.75, 3.05) is 0 Å². The van der Waals surface area contributed by atoms with E-state index in [2.05, 4.69) is 10.1 Å². The van der Waals surface area contributed by atoms with Gasteiger partial charge < -0.3 is 13.8 Å². The minimum Gasteiger partial charge on any atom is -0.467 e. The van der Waals surface area contributed by atoms with Crippen LogP contribution in [0.2, 0.25) is 0 Å². The number of hydrogen-bond acceptors (Lipinski definition) is 5. The zero-order chi connectivity index (χ0) is 17.6. The Morgan fingerprint density at radius 1 is 1.20 bits per heavy atom. The zero-order valence-electron chi connectivity index (χ0n) is 14.4. The Labute approximate surface area is 146 Å². The SMILES string of the molecule is Cc1noc(C)c1CCC(=O)N(Cc1cccnc1)Cc1ccco1. The Hall–Kier alpha value is -2.89. The van der Waals surface area contributed by atoms with Crippen molar-refractivity contribution in [3.8, 4) is 0 Å². The molecule has 1 amide bonds. The van der Waals surface area contributed by atoms with Crippen LogP contribution in [-0.2, 0) is 24.3 Å². The predicted molar refractivity (Wildman–Crippen MR) is 91.5 cm³/mol. The van der Waals surface area contributed by atoms with Crippen LogP contribution in [0.15, 0.2) is 51.9 Å². The van der Waals surface area contributed by atoms with Crippen molar-refractivity contribution >= 4 is 5.91 Å². The lowest BCUT2D eigenvalue weighted by Crippen LogP contribution is -2.30. The lowest BCUT2D eigenvalue weighted by molar-refractivity contribution is -0.132. The fourth-order valence-corrected chi connectivity index (χ4v) is 2.78. The minimum absolute atomic E-state index is 0.0558. The largest absolute Gasteiger partial charge is 0.467 e. The summed E-state index contributed by atoms with van der Waals surface area (Å²) in [6.07, 6.45) is 6.12. The monoisotopic (exact) mass is 339 g/mol. The molecule has 0 bridgehead atoms. The quantitative estimate of drug-likeness (QED) is 0.659. The third kappa shape index (κ3) is 4.35. The summed E-state index contributed by atoms with van der Waals surface area (Å²) in [5.41, 5.74) is 2.84. The van der Waals surface area contributed by atoms with Crippen LogP contribution in [0.1, 0.15) is 34.8 Å². The third-order valence-electron chi connectivity index (χ3n) is 4.15. The van der Waals surface area contributed by atoms with E-state index in [9.17, 15) is 4.79 Å². The number of pyridine rings is 1. The maximum Gasteiger partial charge on any atom is 0.223 e. The van der Waals surface area contributed by atoms with Crippen LogP contribution < -0.4 is 0 Å². The summed E-state index contributed by atoms with van der Waals surface area (Å²) in [4.78, 5) is 18.7. The number of aromatic nitrogens is 2. The van der Waals surface area contributed by atoms with Gasteiger partial charge >= 0.3 is 0 Å². The van der Waals surface area contributed by atoms with E-state index in [1.54, 1.807) is 23.6 Å². The van der Waals surface area contributed by atoms with Crippen molar-refractivity contribution in [1.82, 2.24) is 15.0 Å². The number of rotatable bonds is 7. The van der Waals surface area contributed by atoms with Crippen LogP contribution in [0.4, 0.5) is 0 Å². The summed E-state index contributed by atoms with van der Waals surface area (Å²) >= 11 is 0. The van der Waals surface area contributed by atoms with Crippen LogP contribution in [0.3, 0.4) is 0 Å². The molecule has 0 saturated heterocycles. The standard InChI is InChI=1S/C19H21N3O3/c1-14-18(15(2)25-21-14)7-8-19(23)22(13-17-6-4-10-24-17)12-16-5-3-9-20-11-16/h3-6,9-11H,7-8,12-13H2,1-2H3. The van der Waals surface area contributed by atoms with Crippen molar-refractivity contribution < 1.29 is 13.7 Å². The molecule has 6 nitrogen and oxygen atoms in total. The molecule has 0 aliphatic carbocycles. The molecular weight excluding hydrogens is 318 g/mol. The van der Waals surface area contributed by atoms with Crippen molar-refractivity contribution in [2.45, 2.75) is 39.8 Å². The zero-order valence-corrected chi connectivity index (χ0v) is 14.4. The van der Waals surface area contributed by atoms with Gasteiger partial charge in [0.1, 0.15) is 11.5 Å². The van der Waals surface area contributed by atoms with Crippen LogP contribution in [0.5, 0.6) is 0 Å². The van der Waals surface area contributed by atoms with Crippen LogP contribution in [-0.4, -0.2) is 20.9 Å². The number of nitrogens with zero attached hydrogens (tertiary/aromatic N) is 3. The second-order valence-corrected chi connectivity index (χ2v) is 5.99. The molecule has 0 aromatic carbocycles. The Kier molecular flexibility index (Phi) is 5.28. The highest BCUT2D eigenvalue weighted by Gasteiger charge is 2.18. The Morgan fingerprint density at radius 2 is 2.08 bits per heavy atom. The molecule has 0 spiro atoms. The summed E-state index contributed by atoms with van der Waals surface area (Å²) < 4.78 is 10.6. The molecule has 25 heavy (non-hydrogen) atoms. The van der Waals surface area contributed by atoms with Gasteiger partial charge in [-0.1, -0.05) is 11.2 Å². The number of aryl methyl sites for hydroxylation is 2. The number of hydrogen-bond donors (Lipinski definition) is 0. The average molecular weight is 339 g/mol. The molecule has 0 radical (unpaired) electrons. The second-order valence-electron chi connectivity index (χ2n) is 5.99. The van der Waals surface area contributed by atoms with Crippen molar-refractivity contribution in [1.29, 1.82) is 0 Å². The van der Waals surface area contributed by atoms with Gasteiger partial charge in [0.05, 0.1) is 18.5 Å². The first-order valence-corrected chi connectivity index (χ1v) is 8.24. The molecule has 0 aliphatic rings. The van der Waals surface area contributed by atoms with Crippen LogP contribution in [0, 0.1) is 13.8 Å². The van der Waals surface area contributed by atoms with Gasteiger partial charge in [-0.05, 0) is 44.0 Å². The van der Waals surface area contributed by atoms with Crippen molar-refractivity contribution in [2.24, 2.45) is 0 Å². The topological polar surface area (TPSA) is 72.4 Å². The van der Waals surface area contributed by atoms with E-state index in [-0.39, 0.29) is 5.91 Å². The molecule has 0 N–H and O–H groups in total. The van der Waals surface area contributed by atoms with E-state index in [4.69, 9.17) is 8.94 Å². The summed E-state index contributed by atoms with van der Waals surface area (Å²) in [5, 5.41) is 3.94. The van der Waals surface area contributed by atoms with Gasteiger partial charge in [0.15, 0.2) is 0 Å². The molecule has 0 fully saturated rings. The highest BCUT2D eigenvalue weighted by atomic mass is 16.5. The van der Waals surface area contributed by atoms with E-state index >= 15 is 0 Å². The fraction of sp³-hybridized carbons (Fsp3) is 0.316. The highest BCUT2D eigenvalue weighted by molar-refractivity contribution is 5.76. The normalized spacial score (nSPS) is 10.8. The molecule has 0 atom stereocenters. The summed E-state index contributed by atoms with van der Waals surface area (Å²) in [6.45, 7) is 4.69. The Balaban J connectivity index is 1.70. The predicted octanol–water partition coefficient (Wildman–Crippen LogP) is 3.44. The van der Waals surface area contributed by atoms with Gasteiger partial charge in [-0.3, -0.25) is 9.78 Å². The van der Waals surface area contributed by atoms with E-state index in [1.807, 2.05) is 38.1 Å². The third-order valence-corrected chi connectivity index (χ3v) is 4.15. The molecule has 0 saturated carbocycles. The summed E-state index contributed by atoms with van der Waals surface area (Å²) in [7, 11) is 0. The summed E-state index contributed by atoms with van der Waals surface area (Å²) in [6, 6.07) is 7.53. The van der Waals surface area contributed by atoms with Crippen LogP contribution in [0.25, 0.3) is 0 Å². The lowest BCUT2D eigenvalue weighted by atomic mass is 10.1. The molecule has 3 aromatic rings. The number of furan rings is 1. The highest BCUT2D eigenvalue weighted by Crippen LogP contribution is 2.17. The van der Waals surface area contributed by atoms with Gasteiger partial charge in [0, 0.05) is 30.9 Å². The number of carbonyl (C=O) groups is 1. The molecule has 130 valence electrons. The molecule has 6 heteroatoms. The average Bonchev–Trinajstić information content (AvgIpc) is 3.24. The lowest BCUT2D eigenvalue weighted by Gasteiger charge is -2.22. The van der Waals surface area contributed by atoms with E-state index < -0.39 is 0 Å². The molecule has 3 rings (SSSR count). The number of amides is 1. The van der Waals surface area contributed by atoms with Gasteiger partial charge in [-0.25, -0.2) is 0 Å². The first-order valence-electron chi connectivity index (χ1n) is 8.24. The molecule has 3 aromatic heterocycles. The molecule has 0 unspecified atom stereocenters. The Bertz CT molecular complexity index is 790. The Morgan fingerprint density at radius 3 is 2.72 bits per heavy atom. The molecule has 0 aliphatic heterocycles. The summed E-state index contributed by atoms with van der Waals surface area (Å²) in [5.74, 6) is 1.59. The first-order chi connectivity index (χ1) is 12.1. The van der Waals surface area contributed by atoms with E-state index in [0.29, 0.717) is 25.9 Å². The second kappa shape index (κ2) is 7.79. The van der Waals surface area contributed by atoms with Crippen molar-refractivity contribution in [3.05, 3.63) is 71.3 Å². The minimum atomic E-state index is 0.0558.